The summed E-state index contributed by atoms with van der Waals surface area (Å²) in [6, 6.07) is 6.40. The number of benzene rings is 1. The summed E-state index contributed by atoms with van der Waals surface area (Å²) < 4.78 is 27.0. The minimum Gasteiger partial charge on any atom is -0.393 e. The highest BCUT2D eigenvalue weighted by molar-refractivity contribution is 9.10. The van der Waals surface area contributed by atoms with Crippen molar-refractivity contribution in [3.8, 4) is 0 Å². The molecule has 1 saturated carbocycles. The van der Waals surface area contributed by atoms with Crippen LogP contribution in [0.25, 0.3) is 0 Å². The summed E-state index contributed by atoms with van der Waals surface area (Å²) in [5.41, 5.74) is 0. The average molecular weight is 306 g/mol. The summed E-state index contributed by atoms with van der Waals surface area (Å²) in [6.45, 7) is 0. The van der Waals surface area contributed by atoms with Crippen LogP contribution >= 0.6 is 15.9 Å². The Kier molecular flexibility index (Phi) is 3.34. The molecule has 1 fully saturated rings. The van der Waals surface area contributed by atoms with E-state index in [1.165, 1.54) is 0 Å². The van der Waals surface area contributed by atoms with Gasteiger partial charge in [-0.15, -0.1) is 0 Å². The summed E-state index contributed by atoms with van der Waals surface area (Å²) >= 11 is 3.23. The molecular formula is C10H12BrNO3S. The molecule has 88 valence electrons. The molecule has 0 aromatic heterocycles. The van der Waals surface area contributed by atoms with Crippen LogP contribution in [0, 0.1) is 0 Å². The molecule has 0 spiro atoms. The Morgan fingerprint density at radius 1 is 1.38 bits per heavy atom. The van der Waals surface area contributed by atoms with Gasteiger partial charge in [0.2, 0.25) is 10.0 Å². The molecule has 2 rings (SSSR count). The van der Waals surface area contributed by atoms with Crippen molar-refractivity contribution in [2.24, 2.45) is 0 Å². The smallest absolute Gasteiger partial charge is 0.240 e. The highest BCUT2D eigenvalue weighted by atomic mass is 79.9. The van der Waals surface area contributed by atoms with Gasteiger partial charge < -0.3 is 5.11 Å². The fourth-order valence-corrected chi connectivity index (χ4v) is 3.46. The molecule has 2 N–H and O–H groups in total. The van der Waals surface area contributed by atoms with Crippen molar-refractivity contribution < 1.29 is 13.5 Å². The molecule has 0 unspecified atom stereocenters. The maximum Gasteiger partial charge on any atom is 0.240 e. The van der Waals surface area contributed by atoms with Crippen molar-refractivity contribution in [3.05, 3.63) is 28.7 Å². The Morgan fingerprint density at radius 3 is 2.62 bits per heavy atom. The van der Waals surface area contributed by atoms with Gasteiger partial charge in [0.1, 0.15) is 0 Å². The molecule has 0 amide bonds. The summed E-state index contributed by atoms with van der Waals surface area (Å²) in [6.07, 6.45) is 0.621. The van der Waals surface area contributed by atoms with Crippen LogP contribution in [-0.2, 0) is 10.0 Å². The molecule has 0 saturated heterocycles. The minimum absolute atomic E-state index is 0.140. The van der Waals surface area contributed by atoms with Crippen molar-refractivity contribution >= 4 is 26.0 Å². The zero-order valence-electron chi connectivity index (χ0n) is 8.43. The van der Waals surface area contributed by atoms with Gasteiger partial charge in [-0.25, -0.2) is 13.1 Å². The molecule has 1 aliphatic carbocycles. The number of nitrogens with one attached hydrogen (secondary N) is 1. The maximum absolute atomic E-state index is 11.9. The van der Waals surface area contributed by atoms with Crippen LogP contribution in [-0.4, -0.2) is 25.7 Å². The van der Waals surface area contributed by atoms with Gasteiger partial charge in [0.05, 0.1) is 11.0 Å². The van der Waals surface area contributed by atoms with Gasteiger partial charge in [-0.05, 0) is 31.0 Å². The molecule has 16 heavy (non-hydrogen) atoms. The Morgan fingerprint density at radius 2 is 2.06 bits per heavy atom. The van der Waals surface area contributed by atoms with Crippen LogP contribution in [0.4, 0.5) is 0 Å². The number of hydrogen-bond donors (Lipinski definition) is 2. The van der Waals surface area contributed by atoms with Gasteiger partial charge in [0.15, 0.2) is 0 Å². The van der Waals surface area contributed by atoms with Crippen molar-refractivity contribution in [1.82, 2.24) is 4.72 Å². The predicted octanol–water partition coefficient (Wildman–Crippen LogP) is 1.25. The van der Waals surface area contributed by atoms with E-state index >= 15 is 0 Å². The quantitative estimate of drug-likeness (QED) is 0.883. The van der Waals surface area contributed by atoms with Crippen LogP contribution in [0.15, 0.2) is 33.6 Å². The number of aliphatic hydroxyl groups excluding tert-OH is 1. The van der Waals surface area contributed by atoms with Gasteiger partial charge in [-0.2, -0.15) is 0 Å². The summed E-state index contributed by atoms with van der Waals surface area (Å²) in [5.74, 6) is 0. The largest absolute Gasteiger partial charge is 0.393 e. The van der Waals surface area contributed by atoms with E-state index in [-0.39, 0.29) is 17.0 Å². The number of aliphatic hydroxyl groups is 1. The topological polar surface area (TPSA) is 66.4 Å². The second-order valence-corrected chi connectivity index (χ2v) is 6.53. The van der Waals surface area contributed by atoms with E-state index in [0.717, 1.165) is 4.47 Å². The second-order valence-electron chi connectivity index (χ2n) is 3.90. The van der Waals surface area contributed by atoms with E-state index in [0.29, 0.717) is 12.8 Å². The molecule has 1 aromatic carbocycles. The Hall–Kier alpha value is -0.430. The lowest BCUT2D eigenvalue weighted by Crippen LogP contribution is -2.46. The van der Waals surface area contributed by atoms with E-state index < -0.39 is 10.0 Å². The molecule has 1 aromatic rings. The van der Waals surface area contributed by atoms with Crippen LogP contribution in [0.2, 0.25) is 0 Å². The third kappa shape index (κ3) is 2.63. The zero-order valence-corrected chi connectivity index (χ0v) is 10.8. The predicted molar refractivity (Wildman–Crippen MR) is 63.5 cm³/mol. The standard InChI is InChI=1S/C10H12BrNO3S/c11-7-2-1-3-10(4-7)16(14,15)12-8-5-9(13)6-8/h1-4,8-9,12-13H,5-6H2. The molecule has 4 nitrogen and oxygen atoms in total. The SMILES string of the molecule is O=S(=O)(NC1CC(O)C1)c1cccc(Br)c1. The van der Waals surface area contributed by atoms with Crippen LogP contribution in [0.5, 0.6) is 0 Å². The van der Waals surface area contributed by atoms with Gasteiger partial charge in [0, 0.05) is 10.5 Å². The molecular weight excluding hydrogens is 294 g/mol. The van der Waals surface area contributed by atoms with Crippen molar-refractivity contribution in [3.63, 3.8) is 0 Å². The van der Waals surface area contributed by atoms with Gasteiger partial charge >= 0.3 is 0 Å². The zero-order chi connectivity index (χ0) is 11.8. The van der Waals surface area contributed by atoms with Gasteiger partial charge in [-0.3, -0.25) is 0 Å². The first-order chi connectivity index (χ1) is 7.47. The van der Waals surface area contributed by atoms with E-state index in [1.807, 2.05) is 0 Å². The minimum atomic E-state index is -3.46. The monoisotopic (exact) mass is 305 g/mol. The normalized spacial score (nSPS) is 25.1. The molecule has 0 atom stereocenters. The first-order valence-electron chi connectivity index (χ1n) is 4.93. The lowest BCUT2D eigenvalue weighted by atomic mass is 9.91. The van der Waals surface area contributed by atoms with Crippen molar-refractivity contribution in [2.45, 2.75) is 29.9 Å². The van der Waals surface area contributed by atoms with Crippen LogP contribution in [0.3, 0.4) is 0 Å². The number of hydrogen-bond acceptors (Lipinski definition) is 3. The molecule has 0 heterocycles. The summed E-state index contributed by atoms with van der Waals surface area (Å²) in [4.78, 5) is 0.239. The van der Waals surface area contributed by atoms with E-state index in [4.69, 9.17) is 5.11 Å². The fraction of sp³-hybridized carbons (Fsp3) is 0.400. The Bertz CT molecular complexity index is 483. The molecule has 6 heteroatoms. The molecule has 0 aliphatic heterocycles. The molecule has 1 aliphatic rings. The Labute approximate surface area is 103 Å². The summed E-state index contributed by atoms with van der Waals surface area (Å²) in [5, 5.41) is 9.09. The summed E-state index contributed by atoms with van der Waals surface area (Å²) in [7, 11) is -3.46. The second kappa shape index (κ2) is 4.44. The van der Waals surface area contributed by atoms with Crippen LogP contribution in [0.1, 0.15) is 12.8 Å². The number of halogens is 1. The number of sulfonamides is 1. The Balaban J connectivity index is 2.13. The van der Waals surface area contributed by atoms with Crippen molar-refractivity contribution in [2.75, 3.05) is 0 Å². The van der Waals surface area contributed by atoms with E-state index in [9.17, 15) is 8.42 Å². The first-order valence-corrected chi connectivity index (χ1v) is 7.21. The van der Waals surface area contributed by atoms with Crippen molar-refractivity contribution in [1.29, 1.82) is 0 Å². The third-order valence-corrected chi connectivity index (χ3v) is 4.55. The van der Waals surface area contributed by atoms with Crippen LogP contribution < -0.4 is 4.72 Å². The fourth-order valence-electron chi connectivity index (χ4n) is 1.61. The van der Waals surface area contributed by atoms with E-state index in [2.05, 4.69) is 20.7 Å². The van der Waals surface area contributed by atoms with Gasteiger partial charge in [0.25, 0.3) is 0 Å². The highest BCUT2D eigenvalue weighted by Gasteiger charge is 2.31. The van der Waals surface area contributed by atoms with Gasteiger partial charge in [-0.1, -0.05) is 22.0 Å². The maximum atomic E-state index is 11.9. The van der Waals surface area contributed by atoms with E-state index in [1.54, 1.807) is 24.3 Å². The highest BCUT2D eigenvalue weighted by Crippen LogP contribution is 2.23. The molecule has 0 radical (unpaired) electrons. The lowest BCUT2D eigenvalue weighted by molar-refractivity contribution is 0.0712. The number of rotatable bonds is 3. The first kappa shape index (κ1) is 12.0. The lowest BCUT2D eigenvalue weighted by Gasteiger charge is -2.31. The molecule has 0 bridgehead atoms. The average Bonchev–Trinajstić information content (AvgIpc) is 2.15. The third-order valence-electron chi connectivity index (χ3n) is 2.54.